The van der Waals surface area contributed by atoms with Gasteiger partial charge < -0.3 is 14.9 Å². The van der Waals surface area contributed by atoms with Crippen molar-refractivity contribution in [1.29, 1.82) is 0 Å². The minimum atomic E-state index is -4.12. The van der Waals surface area contributed by atoms with E-state index in [-0.39, 0.29) is 27.3 Å². The van der Waals surface area contributed by atoms with Gasteiger partial charge in [-0.05, 0) is 61.0 Å². The normalized spacial score (nSPS) is 14.1. The van der Waals surface area contributed by atoms with Crippen molar-refractivity contribution in [3.63, 3.8) is 0 Å². The number of carboxylic acids is 1. The van der Waals surface area contributed by atoms with E-state index in [0.29, 0.717) is 48.8 Å². The third-order valence-electron chi connectivity index (χ3n) is 6.51. The number of pyridine rings is 1. The molecule has 11 heteroatoms. The van der Waals surface area contributed by atoms with Crippen molar-refractivity contribution in [2.75, 3.05) is 40.7 Å². The molecule has 0 aliphatic carbocycles. The lowest BCUT2D eigenvalue weighted by molar-refractivity contribution is 0.0699. The van der Waals surface area contributed by atoms with E-state index in [1.165, 1.54) is 42.5 Å². The van der Waals surface area contributed by atoms with Crippen molar-refractivity contribution in [2.24, 2.45) is 0 Å². The summed E-state index contributed by atoms with van der Waals surface area (Å²) >= 11 is 0. The number of fused-ring (bicyclic) bond motifs is 1. The minimum Gasteiger partial charge on any atom is -0.478 e. The molecule has 0 spiro atoms. The Kier molecular flexibility index (Phi) is 6.62. The van der Waals surface area contributed by atoms with Crippen LogP contribution in [0.5, 0.6) is 0 Å². The van der Waals surface area contributed by atoms with E-state index < -0.39 is 21.8 Å². The lowest BCUT2D eigenvalue weighted by atomic mass is 10.1. The molecule has 0 unspecified atom stereocenters. The molecule has 0 atom stereocenters. The first kappa shape index (κ1) is 25.4. The molecule has 2 N–H and O–H groups in total. The van der Waals surface area contributed by atoms with Crippen LogP contribution in [0.2, 0.25) is 0 Å². The van der Waals surface area contributed by atoms with Crippen molar-refractivity contribution in [3.8, 4) is 0 Å². The number of nitrogens with one attached hydrogen (secondary N) is 1. The summed E-state index contributed by atoms with van der Waals surface area (Å²) in [7, 11) is -4.12. The van der Waals surface area contributed by atoms with Crippen molar-refractivity contribution in [2.45, 2.75) is 11.8 Å². The second-order valence-electron chi connectivity index (χ2n) is 9.01. The second kappa shape index (κ2) is 9.90. The number of anilines is 3. The SMILES string of the molecule is Cc1ccc(F)cc1S(=O)(=O)Nc1ccc2nc(N3CCN(c4ccccc4F)CC3)cc(C(=O)O)c2c1. The van der Waals surface area contributed by atoms with Crippen molar-refractivity contribution < 1.29 is 27.1 Å². The maximum atomic E-state index is 14.2. The van der Waals surface area contributed by atoms with Crippen LogP contribution in [0.25, 0.3) is 10.9 Å². The highest BCUT2D eigenvalue weighted by Crippen LogP contribution is 2.29. The maximum Gasteiger partial charge on any atom is 0.336 e. The third-order valence-corrected chi connectivity index (χ3v) is 8.04. The fourth-order valence-corrected chi connectivity index (χ4v) is 5.88. The summed E-state index contributed by atoms with van der Waals surface area (Å²) in [6.07, 6.45) is 0. The van der Waals surface area contributed by atoms with E-state index in [9.17, 15) is 27.1 Å². The summed E-state index contributed by atoms with van der Waals surface area (Å²) < 4.78 is 56.1. The minimum absolute atomic E-state index is 0.0375. The molecule has 0 saturated carbocycles. The van der Waals surface area contributed by atoms with E-state index in [2.05, 4.69) is 9.71 Å². The van der Waals surface area contributed by atoms with Gasteiger partial charge in [-0.1, -0.05) is 18.2 Å². The Labute approximate surface area is 218 Å². The molecule has 0 amide bonds. The number of sulfonamides is 1. The predicted octanol–water partition coefficient (Wildman–Crippen LogP) is 4.65. The van der Waals surface area contributed by atoms with Crippen molar-refractivity contribution in [1.82, 2.24) is 4.98 Å². The van der Waals surface area contributed by atoms with E-state index in [1.54, 1.807) is 25.1 Å². The van der Waals surface area contributed by atoms with Crippen LogP contribution in [0.4, 0.5) is 26.0 Å². The summed E-state index contributed by atoms with van der Waals surface area (Å²) in [4.78, 5) is 20.4. The molecule has 1 fully saturated rings. The van der Waals surface area contributed by atoms with Gasteiger partial charge in [0.1, 0.15) is 17.5 Å². The number of rotatable bonds is 6. The molecule has 38 heavy (non-hydrogen) atoms. The predicted molar refractivity (Wildman–Crippen MR) is 141 cm³/mol. The Morgan fingerprint density at radius 1 is 0.947 bits per heavy atom. The Hall–Kier alpha value is -4.25. The summed E-state index contributed by atoms with van der Waals surface area (Å²) in [5.74, 6) is -1.71. The average molecular weight is 539 g/mol. The first-order valence-electron chi connectivity index (χ1n) is 11.8. The number of piperazine rings is 1. The van der Waals surface area contributed by atoms with Crippen molar-refractivity contribution in [3.05, 3.63) is 89.5 Å². The standard InChI is InChI=1S/C27H24F2N4O4S/c1-17-6-7-18(28)14-25(17)38(36,37)31-19-8-9-23-20(15-19)21(27(34)35)16-26(30-23)33-12-10-32(11-13-33)24-5-3-2-4-22(24)29/h2-9,14-16,31H,10-13H2,1H3,(H,34,35). The van der Waals surface area contributed by atoms with Gasteiger partial charge in [0.2, 0.25) is 0 Å². The van der Waals surface area contributed by atoms with Crippen LogP contribution in [-0.4, -0.2) is 50.7 Å². The lowest BCUT2D eigenvalue weighted by Gasteiger charge is -2.37. The van der Waals surface area contributed by atoms with E-state index >= 15 is 0 Å². The van der Waals surface area contributed by atoms with Gasteiger partial charge in [0.15, 0.2) is 0 Å². The summed E-state index contributed by atoms with van der Waals surface area (Å²) in [6.45, 7) is 3.64. The van der Waals surface area contributed by atoms with Gasteiger partial charge in [-0.15, -0.1) is 0 Å². The number of hydrogen-bond acceptors (Lipinski definition) is 6. The summed E-state index contributed by atoms with van der Waals surface area (Å²) in [5.41, 5.74) is 1.35. The number of para-hydroxylation sites is 1. The molecule has 4 aromatic rings. The highest BCUT2D eigenvalue weighted by molar-refractivity contribution is 7.92. The number of halogens is 2. The van der Waals surface area contributed by atoms with E-state index in [1.807, 2.05) is 9.80 Å². The first-order valence-corrected chi connectivity index (χ1v) is 13.3. The molecule has 196 valence electrons. The summed E-state index contributed by atoms with van der Waals surface area (Å²) in [6, 6.07) is 15.9. The fraction of sp³-hybridized carbons (Fsp3) is 0.185. The molecular formula is C27H24F2N4O4S. The molecule has 5 rings (SSSR count). The van der Waals surface area contributed by atoms with Crippen LogP contribution in [0.1, 0.15) is 15.9 Å². The Balaban J connectivity index is 1.42. The number of aryl methyl sites for hydroxylation is 1. The van der Waals surface area contributed by atoms with Gasteiger partial charge in [0.05, 0.1) is 21.7 Å². The van der Waals surface area contributed by atoms with Gasteiger partial charge >= 0.3 is 5.97 Å². The largest absolute Gasteiger partial charge is 0.478 e. The molecule has 1 aromatic heterocycles. The number of aromatic nitrogens is 1. The average Bonchev–Trinajstić information content (AvgIpc) is 2.89. The zero-order chi connectivity index (χ0) is 27.0. The van der Waals surface area contributed by atoms with Crippen LogP contribution in [0.3, 0.4) is 0 Å². The first-order chi connectivity index (χ1) is 18.1. The van der Waals surface area contributed by atoms with Gasteiger partial charge in [-0.25, -0.2) is 27.0 Å². The van der Waals surface area contributed by atoms with E-state index in [0.717, 1.165) is 6.07 Å². The summed E-state index contributed by atoms with van der Waals surface area (Å²) in [5, 5.41) is 10.2. The molecule has 2 heterocycles. The van der Waals surface area contributed by atoms with Crippen LogP contribution in [0, 0.1) is 18.6 Å². The zero-order valence-electron chi connectivity index (χ0n) is 20.4. The molecular weight excluding hydrogens is 514 g/mol. The number of nitrogens with zero attached hydrogens (tertiary/aromatic N) is 3. The van der Waals surface area contributed by atoms with Crippen molar-refractivity contribution >= 4 is 44.1 Å². The molecule has 8 nitrogen and oxygen atoms in total. The molecule has 1 aliphatic rings. The number of aromatic carboxylic acids is 1. The fourth-order valence-electron chi connectivity index (χ4n) is 4.57. The Morgan fingerprint density at radius 3 is 2.37 bits per heavy atom. The quantitative estimate of drug-likeness (QED) is 0.369. The lowest BCUT2D eigenvalue weighted by Crippen LogP contribution is -2.47. The Morgan fingerprint density at radius 2 is 1.66 bits per heavy atom. The van der Waals surface area contributed by atoms with Crippen LogP contribution in [-0.2, 0) is 10.0 Å². The van der Waals surface area contributed by atoms with Gasteiger partial charge in [-0.2, -0.15) is 0 Å². The number of carboxylic acid groups (broad SMARTS) is 1. The molecule has 1 saturated heterocycles. The topological polar surface area (TPSA) is 103 Å². The second-order valence-corrected chi connectivity index (χ2v) is 10.7. The van der Waals surface area contributed by atoms with Crippen LogP contribution in [0.15, 0.2) is 71.6 Å². The maximum absolute atomic E-state index is 14.2. The smallest absolute Gasteiger partial charge is 0.336 e. The molecule has 3 aromatic carbocycles. The molecule has 1 aliphatic heterocycles. The monoisotopic (exact) mass is 538 g/mol. The zero-order valence-corrected chi connectivity index (χ0v) is 21.2. The highest BCUT2D eigenvalue weighted by Gasteiger charge is 2.23. The third kappa shape index (κ3) is 4.97. The molecule has 0 bridgehead atoms. The highest BCUT2D eigenvalue weighted by atomic mass is 32.2. The van der Waals surface area contributed by atoms with E-state index in [4.69, 9.17) is 0 Å². The molecule has 0 radical (unpaired) electrons. The number of benzene rings is 3. The van der Waals surface area contributed by atoms with Gasteiger partial charge in [-0.3, -0.25) is 4.72 Å². The number of hydrogen-bond donors (Lipinski definition) is 2. The number of carbonyl (C=O) groups is 1. The van der Waals surface area contributed by atoms with Crippen LogP contribution < -0.4 is 14.5 Å². The van der Waals surface area contributed by atoms with Gasteiger partial charge in [0.25, 0.3) is 10.0 Å². The Bertz CT molecular complexity index is 1650. The van der Waals surface area contributed by atoms with Crippen LogP contribution >= 0.6 is 0 Å². The van der Waals surface area contributed by atoms with Gasteiger partial charge in [0, 0.05) is 37.3 Å².